The Balaban J connectivity index is 4.12. The van der Waals surface area contributed by atoms with E-state index in [2.05, 4.69) is 98.9 Å². The van der Waals surface area contributed by atoms with Gasteiger partial charge in [-0.15, -0.1) is 0 Å². The van der Waals surface area contributed by atoms with Crippen molar-refractivity contribution in [1.29, 1.82) is 0 Å². The molecule has 0 aliphatic heterocycles. The van der Waals surface area contributed by atoms with Crippen LogP contribution in [0.2, 0.25) is 0 Å². The van der Waals surface area contributed by atoms with Gasteiger partial charge in [0.15, 0.2) is 6.10 Å². The van der Waals surface area contributed by atoms with Crippen molar-refractivity contribution in [3.8, 4) is 0 Å². The highest BCUT2D eigenvalue weighted by Crippen LogP contribution is 2.18. The fourth-order valence-electron chi connectivity index (χ4n) is 9.53. The number of rotatable bonds is 62. The van der Waals surface area contributed by atoms with E-state index in [0.29, 0.717) is 17.4 Å². The summed E-state index contributed by atoms with van der Waals surface area (Å²) in [4.78, 5) is 37.6. The molecule has 9 heteroatoms. The zero-order valence-corrected chi connectivity index (χ0v) is 53.4. The number of unbranched alkanes of at least 4 members (excludes halogenated alkanes) is 33. The molecule has 0 aliphatic carbocycles. The van der Waals surface area contributed by atoms with E-state index in [4.69, 9.17) is 18.9 Å². The third-order valence-corrected chi connectivity index (χ3v) is 14.7. The molecule has 0 spiro atoms. The lowest BCUT2D eigenvalue weighted by Gasteiger charge is -2.25. The summed E-state index contributed by atoms with van der Waals surface area (Å²) in [6, 6.07) is 0. The molecule has 2 unspecified atom stereocenters. The summed E-state index contributed by atoms with van der Waals surface area (Å²) in [6.07, 6.45) is 81.1. The summed E-state index contributed by atoms with van der Waals surface area (Å²) in [5.41, 5.74) is 0. The van der Waals surface area contributed by atoms with Gasteiger partial charge < -0.3 is 28.5 Å². The van der Waals surface area contributed by atoms with Gasteiger partial charge in [0.1, 0.15) is 13.2 Å². The summed E-state index contributed by atoms with van der Waals surface area (Å²) < 4.78 is 23.0. The highest BCUT2D eigenvalue weighted by molar-refractivity contribution is 5.71. The third-order valence-electron chi connectivity index (χ3n) is 14.7. The molecule has 2 atom stereocenters. The highest BCUT2D eigenvalue weighted by atomic mass is 16.7. The van der Waals surface area contributed by atoms with Gasteiger partial charge >= 0.3 is 17.9 Å². The van der Waals surface area contributed by atoms with Gasteiger partial charge in [0.25, 0.3) is 6.29 Å². The molecule has 81 heavy (non-hydrogen) atoms. The summed E-state index contributed by atoms with van der Waals surface area (Å²) in [5, 5.41) is 9.74. The van der Waals surface area contributed by atoms with Gasteiger partial charge in [-0.2, -0.15) is 0 Å². The zero-order valence-electron chi connectivity index (χ0n) is 53.4. The highest BCUT2D eigenvalue weighted by Gasteiger charge is 2.25. The smallest absolute Gasteiger partial charge is 0.361 e. The van der Waals surface area contributed by atoms with Crippen molar-refractivity contribution < 1.29 is 42.9 Å². The molecule has 1 N–H and O–H groups in total. The lowest BCUT2D eigenvalue weighted by molar-refractivity contribution is -0.870. The minimum absolute atomic E-state index is 0.181. The number of nitrogens with zero attached hydrogens (tertiary/aromatic N) is 1. The Labute approximate surface area is 500 Å². The fourth-order valence-corrected chi connectivity index (χ4v) is 9.53. The molecule has 468 valence electrons. The second-order valence-electron chi connectivity index (χ2n) is 23.8. The molecule has 0 aromatic heterocycles. The first-order chi connectivity index (χ1) is 39.6. The number of carbonyl (C=O) groups excluding carboxylic acids is 2. The van der Waals surface area contributed by atoms with Gasteiger partial charge in [-0.25, -0.2) is 4.79 Å². The summed E-state index contributed by atoms with van der Waals surface area (Å²) in [7, 11) is 5.98. The van der Waals surface area contributed by atoms with Crippen molar-refractivity contribution in [3.05, 3.63) is 85.1 Å². The number of aliphatic carboxylic acids is 1. The van der Waals surface area contributed by atoms with Crippen molar-refractivity contribution in [3.63, 3.8) is 0 Å². The standard InChI is InChI=1S/C72H127NO8/c1-6-8-10-12-14-16-18-20-22-24-26-28-29-30-31-32-33-34-35-36-37-38-39-40-41-43-45-47-49-51-53-55-57-59-61-63-70(75)81-68(67-80-72(71(76)77)78-65-64-73(3,4)5)66-79-69(74)62-60-58-56-54-52-50-48-46-44-42-27-25-23-21-19-17-15-13-11-9-7-2/h8,10,14,16,20,22,26,28,30-31,33-34,36-37,68,72H,6-7,9,11-13,15,17-19,21,23-25,27,29,32,35,38-67H2,1-5H3/p+1/b10-8-,16-14-,22-20-,28-26-,31-30-,34-33-,37-36-. The van der Waals surface area contributed by atoms with Crippen molar-refractivity contribution in [2.24, 2.45) is 0 Å². The van der Waals surface area contributed by atoms with Gasteiger partial charge in [0.2, 0.25) is 0 Å². The van der Waals surface area contributed by atoms with Gasteiger partial charge in [-0.1, -0.05) is 298 Å². The number of quaternary nitrogens is 1. The molecule has 0 aromatic rings. The van der Waals surface area contributed by atoms with E-state index in [-0.39, 0.29) is 32.2 Å². The number of carboxylic acids is 1. The van der Waals surface area contributed by atoms with Crippen LogP contribution in [0.3, 0.4) is 0 Å². The van der Waals surface area contributed by atoms with E-state index in [9.17, 15) is 19.5 Å². The molecule has 0 bridgehead atoms. The Bertz CT molecular complexity index is 1600. The molecule has 0 saturated carbocycles. The Hall–Kier alpha value is -3.53. The maximum Gasteiger partial charge on any atom is 0.361 e. The summed E-state index contributed by atoms with van der Waals surface area (Å²) in [6.45, 7) is 4.80. The first-order valence-corrected chi connectivity index (χ1v) is 33.8. The second-order valence-corrected chi connectivity index (χ2v) is 23.8. The van der Waals surface area contributed by atoms with E-state index in [0.717, 1.165) is 83.5 Å². The molecule has 0 radical (unpaired) electrons. The van der Waals surface area contributed by atoms with Crippen LogP contribution in [-0.2, 0) is 33.3 Å². The molecule has 0 amide bonds. The van der Waals surface area contributed by atoms with Crippen LogP contribution in [0.25, 0.3) is 0 Å². The van der Waals surface area contributed by atoms with Crippen molar-refractivity contribution >= 4 is 17.9 Å². The predicted octanol–water partition coefficient (Wildman–Crippen LogP) is 20.7. The van der Waals surface area contributed by atoms with Crippen LogP contribution in [0.15, 0.2) is 85.1 Å². The van der Waals surface area contributed by atoms with Crippen molar-refractivity contribution in [2.75, 3.05) is 47.5 Å². The number of carbonyl (C=O) groups is 3. The van der Waals surface area contributed by atoms with E-state index < -0.39 is 24.3 Å². The van der Waals surface area contributed by atoms with Crippen LogP contribution in [0.5, 0.6) is 0 Å². The molecule has 0 aliphatic rings. The maximum atomic E-state index is 12.9. The van der Waals surface area contributed by atoms with Crippen LogP contribution in [0.4, 0.5) is 0 Å². The Kier molecular flexibility index (Phi) is 59.8. The predicted molar refractivity (Wildman–Crippen MR) is 346 cm³/mol. The first kappa shape index (κ1) is 77.5. The van der Waals surface area contributed by atoms with Crippen LogP contribution >= 0.6 is 0 Å². The normalized spacial score (nSPS) is 13.2. The Morgan fingerprint density at radius 2 is 0.704 bits per heavy atom. The van der Waals surface area contributed by atoms with Gasteiger partial charge in [0.05, 0.1) is 34.4 Å². The van der Waals surface area contributed by atoms with Crippen molar-refractivity contribution in [2.45, 2.75) is 309 Å². The number of esters is 2. The molecule has 9 nitrogen and oxygen atoms in total. The maximum absolute atomic E-state index is 12.9. The lowest BCUT2D eigenvalue weighted by Crippen LogP contribution is -2.40. The monoisotopic (exact) mass is 1130 g/mol. The topological polar surface area (TPSA) is 108 Å². The number of carboxylic acid groups (broad SMARTS) is 1. The first-order valence-electron chi connectivity index (χ1n) is 33.8. The largest absolute Gasteiger partial charge is 0.477 e. The minimum Gasteiger partial charge on any atom is -0.477 e. The number of likely N-dealkylation sites (N-methyl/N-ethyl adjacent to an activating group) is 1. The summed E-state index contributed by atoms with van der Waals surface area (Å²) in [5.74, 6) is -1.99. The van der Waals surface area contributed by atoms with E-state index in [1.54, 1.807) is 0 Å². The van der Waals surface area contributed by atoms with Gasteiger partial charge in [-0.3, -0.25) is 9.59 Å². The van der Waals surface area contributed by atoms with Crippen LogP contribution in [0, 0.1) is 0 Å². The Morgan fingerprint density at radius 1 is 0.383 bits per heavy atom. The second kappa shape index (κ2) is 62.5. The van der Waals surface area contributed by atoms with Gasteiger partial charge in [-0.05, 0) is 70.6 Å². The quantitative estimate of drug-likeness (QED) is 0.0211. The van der Waals surface area contributed by atoms with Crippen LogP contribution < -0.4 is 0 Å². The van der Waals surface area contributed by atoms with E-state index in [1.807, 2.05) is 21.1 Å². The van der Waals surface area contributed by atoms with Crippen LogP contribution in [0.1, 0.15) is 296 Å². The molecular weight excluding hydrogens is 1010 g/mol. The molecular formula is C72H128NO8+. The van der Waals surface area contributed by atoms with Crippen molar-refractivity contribution in [1.82, 2.24) is 0 Å². The molecule has 0 fully saturated rings. The molecule has 0 saturated heterocycles. The number of ether oxygens (including phenoxy) is 4. The average molecular weight is 1140 g/mol. The zero-order chi connectivity index (χ0) is 59.1. The molecule has 0 aromatic carbocycles. The van der Waals surface area contributed by atoms with Gasteiger partial charge in [0, 0.05) is 12.8 Å². The minimum atomic E-state index is -1.51. The molecule has 0 rings (SSSR count). The van der Waals surface area contributed by atoms with Crippen LogP contribution in [-0.4, -0.2) is 87.4 Å². The fraction of sp³-hybridized carbons (Fsp3) is 0.764. The summed E-state index contributed by atoms with van der Waals surface area (Å²) >= 11 is 0. The SMILES string of the molecule is CC/C=C\C/C=C\C/C=C\C/C=C\C/C=C\C/C=C\C/C=C\CCCCCCCCCCCCCCCC(=O)OC(COC(=O)CCCCCCCCCCCCCCCCCCCCCCC)COC(OCC[N+](C)(C)C)C(=O)O. The molecule has 0 heterocycles. The number of hydrogen-bond donors (Lipinski definition) is 1. The third kappa shape index (κ3) is 63.9. The lowest BCUT2D eigenvalue weighted by atomic mass is 10.0. The average Bonchev–Trinajstić information content (AvgIpc) is 3.44. The van der Waals surface area contributed by atoms with E-state index >= 15 is 0 Å². The number of hydrogen-bond acceptors (Lipinski definition) is 7. The van der Waals surface area contributed by atoms with E-state index in [1.165, 1.54) is 186 Å². The Morgan fingerprint density at radius 3 is 1.05 bits per heavy atom. The number of allylic oxidation sites excluding steroid dienone is 14.